The van der Waals surface area contributed by atoms with Crippen molar-refractivity contribution in [1.29, 1.82) is 0 Å². The van der Waals surface area contributed by atoms with Crippen LogP contribution in [0.25, 0.3) is 11.1 Å². The summed E-state index contributed by atoms with van der Waals surface area (Å²) in [5, 5.41) is 20.9. The number of nitrogens with one attached hydrogen (secondary N) is 1. The zero-order valence-electron chi connectivity index (χ0n) is 33.5. The fraction of sp³-hybridized carbons (Fsp3) is 0.561. The molecule has 0 radical (unpaired) electrons. The van der Waals surface area contributed by atoms with E-state index in [9.17, 15) is 4.79 Å². The molecule has 1 fully saturated rings. The van der Waals surface area contributed by atoms with Gasteiger partial charge in [0.05, 0.1) is 25.0 Å². The third-order valence-corrected chi connectivity index (χ3v) is 10.1. The second kappa shape index (κ2) is 25.1. The van der Waals surface area contributed by atoms with Crippen LogP contribution in [-0.2, 0) is 24.4 Å². The molecule has 0 spiro atoms. The maximum Gasteiger partial charge on any atom is 0.245 e. The molecule has 5 rings (SSSR count). The predicted molar refractivity (Wildman–Crippen MR) is 230 cm³/mol. The second-order valence-corrected chi connectivity index (χ2v) is 15.2. The molecule has 1 amide bonds. The lowest BCUT2D eigenvalue weighted by Gasteiger charge is -2.23. The molecular formula is C41H63Cl2N11O3. The second-order valence-electron chi connectivity index (χ2n) is 15.2. The number of benzene rings is 2. The molecular weight excluding hydrogens is 765 g/mol. The molecule has 314 valence electrons. The van der Waals surface area contributed by atoms with Gasteiger partial charge in [-0.1, -0.05) is 87.1 Å². The third kappa shape index (κ3) is 16.2. The van der Waals surface area contributed by atoms with Crippen molar-refractivity contribution in [2.24, 2.45) is 34.0 Å². The molecule has 4 aromatic rings. The number of guanidine groups is 1. The summed E-state index contributed by atoms with van der Waals surface area (Å²) in [5.41, 5.74) is 20.7. The highest BCUT2D eigenvalue weighted by Crippen LogP contribution is 2.28. The number of ether oxygens (including phenoxy) is 2. The molecule has 2 atom stereocenters. The van der Waals surface area contributed by atoms with Crippen molar-refractivity contribution in [2.45, 2.75) is 116 Å². The van der Waals surface area contributed by atoms with E-state index in [4.69, 9.17) is 26.7 Å². The van der Waals surface area contributed by atoms with Crippen LogP contribution in [-0.4, -0.2) is 67.6 Å². The molecule has 7 N–H and O–H groups in total. The first-order valence-electron chi connectivity index (χ1n) is 20.1. The molecule has 2 aromatic heterocycles. The third-order valence-electron chi connectivity index (χ3n) is 10.1. The van der Waals surface area contributed by atoms with Gasteiger partial charge in [0, 0.05) is 18.8 Å². The van der Waals surface area contributed by atoms with Crippen LogP contribution < -0.4 is 32.0 Å². The Balaban J connectivity index is 0.00000435. The number of hydrogen-bond donors (Lipinski definition) is 4. The normalized spacial score (nSPS) is 13.9. The highest BCUT2D eigenvalue weighted by molar-refractivity contribution is 5.85. The van der Waals surface area contributed by atoms with Crippen molar-refractivity contribution in [2.75, 3.05) is 19.7 Å². The summed E-state index contributed by atoms with van der Waals surface area (Å²) in [6.45, 7) is 6.81. The molecule has 0 unspecified atom stereocenters. The lowest BCUT2D eigenvalue weighted by Crippen LogP contribution is -2.42. The number of halogens is 2. The van der Waals surface area contributed by atoms with E-state index in [1.54, 1.807) is 9.36 Å². The minimum atomic E-state index is -0.558. The van der Waals surface area contributed by atoms with Gasteiger partial charge in [0.1, 0.15) is 29.8 Å². The SMILES string of the molecule is CC(C)CCOc1cccc(-c2ccc(OCc3cn(C[C@@H](CCCCN)NC(=O)[C@@H](CCCN=C(N)N)n4cc(CC5CCCCC5)nn4)nn3)cc2)c1.Cl.Cl. The predicted octanol–water partition coefficient (Wildman–Crippen LogP) is 6.42. The number of hydrogen-bond acceptors (Lipinski definition) is 9. The van der Waals surface area contributed by atoms with E-state index in [0.29, 0.717) is 56.6 Å². The van der Waals surface area contributed by atoms with Crippen molar-refractivity contribution in [1.82, 2.24) is 35.3 Å². The number of unbranched alkanes of at least 4 members (excludes halogenated alkanes) is 1. The molecule has 2 aromatic carbocycles. The van der Waals surface area contributed by atoms with E-state index in [1.807, 2.05) is 48.8 Å². The highest BCUT2D eigenvalue weighted by atomic mass is 35.5. The van der Waals surface area contributed by atoms with Crippen LogP contribution >= 0.6 is 24.8 Å². The Hall–Kier alpha value is -4.40. The molecule has 14 nitrogen and oxygen atoms in total. The first-order valence-corrected chi connectivity index (χ1v) is 20.1. The van der Waals surface area contributed by atoms with Crippen LogP contribution in [0.5, 0.6) is 11.5 Å². The monoisotopic (exact) mass is 827 g/mol. The number of amides is 1. The number of carbonyl (C=O) groups is 1. The Morgan fingerprint density at radius 1 is 0.877 bits per heavy atom. The fourth-order valence-corrected chi connectivity index (χ4v) is 6.96. The van der Waals surface area contributed by atoms with E-state index in [2.05, 4.69) is 56.9 Å². The number of nitrogens with two attached hydrogens (primary N) is 3. The molecule has 16 heteroatoms. The summed E-state index contributed by atoms with van der Waals surface area (Å²) in [4.78, 5) is 18.1. The Kier molecular flexibility index (Phi) is 20.7. The molecule has 0 bridgehead atoms. The summed E-state index contributed by atoms with van der Waals surface area (Å²) in [6.07, 6.45) is 15.5. The number of aromatic nitrogens is 6. The number of rotatable bonds is 23. The summed E-state index contributed by atoms with van der Waals surface area (Å²) in [6, 6.07) is 15.4. The summed E-state index contributed by atoms with van der Waals surface area (Å²) < 4.78 is 15.5. The van der Waals surface area contributed by atoms with E-state index < -0.39 is 6.04 Å². The quantitative estimate of drug-likeness (QED) is 0.0368. The summed E-state index contributed by atoms with van der Waals surface area (Å²) in [7, 11) is 0. The molecule has 1 saturated carbocycles. The number of nitrogens with zero attached hydrogens (tertiary/aromatic N) is 7. The van der Waals surface area contributed by atoms with E-state index in [1.165, 1.54) is 32.1 Å². The maximum absolute atomic E-state index is 14.0. The minimum absolute atomic E-state index is 0. The summed E-state index contributed by atoms with van der Waals surface area (Å²) >= 11 is 0. The van der Waals surface area contributed by atoms with E-state index >= 15 is 0 Å². The zero-order valence-corrected chi connectivity index (χ0v) is 35.1. The van der Waals surface area contributed by atoms with Gasteiger partial charge in [-0.3, -0.25) is 14.5 Å². The van der Waals surface area contributed by atoms with Crippen molar-refractivity contribution in [3.8, 4) is 22.6 Å². The Labute approximate surface area is 349 Å². The largest absolute Gasteiger partial charge is 0.494 e. The highest BCUT2D eigenvalue weighted by Gasteiger charge is 2.26. The van der Waals surface area contributed by atoms with Gasteiger partial charge in [0.25, 0.3) is 0 Å². The van der Waals surface area contributed by atoms with Gasteiger partial charge >= 0.3 is 0 Å². The minimum Gasteiger partial charge on any atom is -0.494 e. The van der Waals surface area contributed by atoms with Crippen LogP contribution in [0.15, 0.2) is 65.9 Å². The first kappa shape index (κ1) is 47.0. The van der Waals surface area contributed by atoms with Gasteiger partial charge in [0.2, 0.25) is 5.91 Å². The van der Waals surface area contributed by atoms with Gasteiger partial charge in [-0.2, -0.15) is 0 Å². The molecule has 57 heavy (non-hydrogen) atoms. The zero-order chi connectivity index (χ0) is 38.8. The first-order chi connectivity index (χ1) is 26.7. The van der Waals surface area contributed by atoms with Gasteiger partial charge < -0.3 is 32.0 Å². The van der Waals surface area contributed by atoms with E-state index in [0.717, 1.165) is 60.4 Å². The number of carbonyl (C=O) groups excluding carboxylic acids is 1. The molecule has 0 aliphatic heterocycles. The smallest absolute Gasteiger partial charge is 0.245 e. The van der Waals surface area contributed by atoms with Crippen LogP contribution in [0.3, 0.4) is 0 Å². The molecule has 0 saturated heterocycles. The molecule has 1 aliphatic rings. The fourth-order valence-electron chi connectivity index (χ4n) is 6.96. The van der Waals surface area contributed by atoms with Gasteiger partial charge in [-0.15, -0.1) is 35.0 Å². The van der Waals surface area contributed by atoms with Crippen LogP contribution in [0.4, 0.5) is 0 Å². The topological polar surface area (TPSA) is 199 Å². The van der Waals surface area contributed by atoms with Crippen molar-refractivity contribution in [3.05, 3.63) is 72.3 Å². The standard InChI is InChI=1S/C41H61N11O3.2ClH/c1-30(2)20-23-54-38-14-8-12-33(25-38)32-16-18-37(19-17-32)55-29-36-27-51(49-48-36)26-34(13-6-7-21-42)46-40(53)39(15-9-22-45-41(43)44)52-28-35(47-50-52)24-31-10-4-3-5-11-31;;/h8,12,14,16-19,25,27-28,30-31,34,39H,3-7,9-11,13,15,20-24,26,29,42H2,1-2H3,(H,46,53)(H4,43,44,45);2*1H/t34-,39-;;/m1../s1. The lowest BCUT2D eigenvalue weighted by molar-refractivity contribution is -0.125. The average molecular weight is 829 g/mol. The summed E-state index contributed by atoms with van der Waals surface area (Å²) in [5.74, 6) is 2.73. The Morgan fingerprint density at radius 2 is 1.65 bits per heavy atom. The van der Waals surface area contributed by atoms with Crippen LogP contribution in [0.1, 0.15) is 102 Å². The van der Waals surface area contributed by atoms with Gasteiger partial charge in [0.15, 0.2) is 5.96 Å². The Morgan fingerprint density at radius 3 is 2.39 bits per heavy atom. The van der Waals surface area contributed by atoms with Crippen molar-refractivity contribution in [3.63, 3.8) is 0 Å². The van der Waals surface area contributed by atoms with Gasteiger partial charge in [-0.05, 0) is 92.3 Å². The van der Waals surface area contributed by atoms with Gasteiger partial charge in [-0.25, -0.2) is 4.68 Å². The van der Waals surface area contributed by atoms with Crippen LogP contribution in [0, 0.1) is 11.8 Å². The number of aliphatic imine (C=N–C) groups is 1. The van der Waals surface area contributed by atoms with Crippen molar-refractivity contribution < 1.29 is 14.3 Å². The lowest BCUT2D eigenvalue weighted by atomic mass is 9.86. The van der Waals surface area contributed by atoms with Crippen LogP contribution in [0.2, 0.25) is 0 Å². The molecule has 1 aliphatic carbocycles. The average Bonchev–Trinajstić information content (AvgIpc) is 3.84. The maximum atomic E-state index is 14.0. The Bertz CT molecular complexity index is 1760. The van der Waals surface area contributed by atoms with Crippen molar-refractivity contribution >= 4 is 36.7 Å². The van der Waals surface area contributed by atoms with E-state index in [-0.39, 0.29) is 49.3 Å². The molecule has 2 heterocycles.